The van der Waals surface area contributed by atoms with E-state index in [2.05, 4.69) is 9.98 Å². The molecule has 1 aromatic heterocycles. The van der Waals surface area contributed by atoms with Crippen LogP contribution in [0.2, 0.25) is 0 Å². The number of hydrogen-bond acceptors (Lipinski definition) is 6. The van der Waals surface area contributed by atoms with Gasteiger partial charge in [0.05, 0.1) is 6.61 Å². The molecule has 0 bridgehead atoms. The number of guanidine groups is 1. The maximum atomic E-state index is 11.8. The molecule has 0 radical (unpaired) electrons. The van der Waals surface area contributed by atoms with Crippen molar-refractivity contribution in [3.63, 3.8) is 0 Å². The lowest BCUT2D eigenvalue weighted by Gasteiger charge is -2.17. The van der Waals surface area contributed by atoms with E-state index < -0.39 is 42.3 Å². The van der Waals surface area contributed by atoms with Crippen LogP contribution in [-0.2, 0) is 4.74 Å². The largest absolute Gasteiger partial charge is 0.394 e. The van der Waals surface area contributed by atoms with Gasteiger partial charge in [-0.25, -0.2) is 9.79 Å². The van der Waals surface area contributed by atoms with Gasteiger partial charge < -0.3 is 26.4 Å². The van der Waals surface area contributed by atoms with E-state index in [0.717, 1.165) is 4.57 Å². The van der Waals surface area contributed by atoms with Crippen LogP contribution in [0.5, 0.6) is 0 Å². The molecule has 0 saturated carbocycles. The SMILES string of the molecule is Cc1cn([C@@H]2O[C@H](CO)[C@@H](N=C(N)N)[C@H]2O)c(=O)[nH]c1=O. The Morgan fingerprint density at radius 3 is 2.76 bits per heavy atom. The Balaban J connectivity index is 2.42. The molecule has 116 valence electrons. The Bertz CT molecular complexity index is 662. The minimum Gasteiger partial charge on any atom is -0.394 e. The van der Waals surface area contributed by atoms with Gasteiger partial charge in [-0.05, 0) is 6.92 Å². The Labute approximate surface area is 118 Å². The van der Waals surface area contributed by atoms with Gasteiger partial charge in [0.2, 0.25) is 0 Å². The lowest BCUT2D eigenvalue weighted by molar-refractivity contribution is -0.0532. The third kappa shape index (κ3) is 2.82. The number of ether oxygens (including phenoxy) is 1. The molecule has 2 rings (SSSR count). The monoisotopic (exact) mass is 299 g/mol. The summed E-state index contributed by atoms with van der Waals surface area (Å²) < 4.78 is 6.45. The van der Waals surface area contributed by atoms with Gasteiger partial charge in [0, 0.05) is 11.8 Å². The molecule has 0 amide bonds. The van der Waals surface area contributed by atoms with Crippen LogP contribution in [-0.4, -0.2) is 50.6 Å². The molecule has 0 unspecified atom stereocenters. The van der Waals surface area contributed by atoms with Crippen molar-refractivity contribution in [2.24, 2.45) is 16.5 Å². The number of aryl methyl sites for hydroxylation is 1. The van der Waals surface area contributed by atoms with Crippen molar-refractivity contribution in [3.05, 3.63) is 32.6 Å². The molecule has 0 spiro atoms. The number of aliphatic hydroxyl groups excluding tert-OH is 2. The third-order valence-electron chi connectivity index (χ3n) is 3.24. The molecule has 10 nitrogen and oxygen atoms in total. The standard InChI is InChI=1S/C11H17N5O5/c1-4-2-16(11(20)15-8(4)19)9-7(18)6(14-10(12)13)5(3-17)21-9/h2,5-7,9,17-18H,3H2,1H3,(H4,12,13,14)(H,15,19,20)/t5-,6-,7-,9-/m1/s1. The number of nitrogens with two attached hydrogens (primary N) is 2. The number of aliphatic hydroxyl groups is 2. The van der Waals surface area contributed by atoms with Gasteiger partial charge in [0.1, 0.15) is 18.2 Å². The van der Waals surface area contributed by atoms with Crippen molar-refractivity contribution in [1.29, 1.82) is 0 Å². The second-order valence-corrected chi connectivity index (χ2v) is 4.76. The Kier molecular flexibility index (Phi) is 4.11. The first-order valence-corrected chi connectivity index (χ1v) is 6.20. The van der Waals surface area contributed by atoms with E-state index in [9.17, 15) is 19.8 Å². The fourth-order valence-corrected chi connectivity index (χ4v) is 2.22. The lowest BCUT2D eigenvalue weighted by Crippen LogP contribution is -2.39. The molecule has 1 aliphatic rings. The highest BCUT2D eigenvalue weighted by atomic mass is 16.5. The summed E-state index contributed by atoms with van der Waals surface area (Å²) in [5, 5.41) is 19.5. The van der Waals surface area contributed by atoms with Crippen LogP contribution in [0.1, 0.15) is 11.8 Å². The summed E-state index contributed by atoms with van der Waals surface area (Å²) in [6.07, 6.45) is -1.97. The number of nitrogens with zero attached hydrogens (tertiary/aromatic N) is 2. The Hall–Kier alpha value is -2.17. The fourth-order valence-electron chi connectivity index (χ4n) is 2.22. The van der Waals surface area contributed by atoms with Crippen LogP contribution in [0.15, 0.2) is 20.8 Å². The molecule has 4 atom stereocenters. The number of H-pyrrole nitrogens is 1. The topological polar surface area (TPSA) is 169 Å². The van der Waals surface area contributed by atoms with Crippen molar-refractivity contribution < 1.29 is 14.9 Å². The van der Waals surface area contributed by atoms with Gasteiger partial charge in [0.15, 0.2) is 12.2 Å². The van der Waals surface area contributed by atoms with Gasteiger partial charge in [-0.3, -0.25) is 14.3 Å². The minimum absolute atomic E-state index is 0.272. The average molecular weight is 299 g/mol. The summed E-state index contributed by atoms with van der Waals surface area (Å²) in [7, 11) is 0. The molecule has 1 aliphatic heterocycles. The zero-order valence-electron chi connectivity index (χ0n) is 11.3. The number of hydrogen-bond donors (Lipinski definition) is 5. The van der Waals surface area contributed by atoms with Gasteiger partial charge in [-0.15, -0.1) is 0 Å². The van der Waals surface area contributed by atoms with Crippen LogP contribution in [0.25, 0.3) is 0 Å². The minimum atomic E-state index is -1.26. The second kappa shape index (κ2) is 5.68. The highest BCUT2D eigenvalue weighted by Crippen LogP contribution is 2.30. The van der Waals surface area contributed by atoms with E-state index >= 15 is 0 Å². The van der Waals surface area contributed by atoms with Crippen LogP contribution in [0, 0.1) is 6.92 Å². The van der Waals surface area contributed by atoms with Gasteiger partial charge in [0.25, 0.3) is 5.56 Å². The van der Waals surface area contributed by atoms with Gasteiger partial charge in [-0.2, -0.15) is 0 Å². The fraction of sp³-hybridized carbons (Fsp3) is 0.545. The molecule has 0 aromatic carbocycles. The predicted octanol–water partition coefficient (Wildman–Crippen LogP) is -3.26. The Morgan fingerprint density at radius 1 is 1.52 bits per heavy atom. The zero-order valence-corrected chi connectivity index (χ0v) is 11.3. The maximum Gasteiger partial charge on any atom is 0.330 e. The third-order valence-corrected chi connectivity index (χ3v) is 3.24. The average Bonchev–Trinajstić information content (AvgIpc) is 2.71. The van der Waals surface area contributed by atoms with E-state index in [1.165, 1.54) is 13.1 Å². The summed E-state index contributed by atoms with van der Waals surface area (Å²) >= 11 is 0. The van der Waals surface area contributed by atoms with Crippen LogP contribution in [0.3, 0.4) is 0 Å². The second-order valence-electron chi connectivity index (χ2n) is 4.76. The first-order chi connectivity index (χ1) is 9.85. The maximum absolute atomic E-state index is 11.8. The number of aliphatic imine (C=N–C) groups is 1. The van der Waals surface area contributed by atoms with Crippen LogP contribution >= 0.6 is 0 Å². The van der Waals surface area contributed by atoms with E-state index in [4.69, 9.17) is 16.2 Å². The van der Waals surface area contributed by atoms with Crippen molar-refractivity contribution >= 4 is 5.96 Å². The predicted molar refractivity (Wildman–Crippen MR) is 72.7 cm³/mol. The first kappa shape index (κ1) is 15.2. The highest BCUT2D eigenvalue weighted by Gasteiger charge is 2.45. The summed E-state index contributed by atoms with van der Waals surface area (Å²) in [5.74, 6) is -0.272. The smallest absolute Gasteiger partial charge is 0.330 e. The summed E-state index contributed by atoms with van der Waals surface area (Å²) in [4.78, 5) is 29.1. The van der Waals surface area contributed by atoms with Crippen molar-refractivity contribution in [2.75, 3.05) is 6.61 Å². The van der Waals surface area contributed by atoms with E-state index in [1.807, 2.05) is 0 Å². The van der Waals surface area contributed by atoms with E-state index in [-0.39, 0.29) is 11.5 Å². The molecule has 0 aliphatic carbocycles. The molecule has 7 N–H and O–H groups in total. The van der Waals surface area contributed by atoms with E-state index in [1.54, 1.807) is 0 Å². The van der Waals surface area contributed by atoms with Crippen LogP contribution in [0.4, 0.5) is 0 Å². The van der Waals surface area contributed by atoms with Crippen molar-refractivity contribution in [3.8, 4) is 0 Å². The first-order valence-electron chi connectivity index (χ1n) is 6.20. The van der Waals surface area contributed by atoms with Gasteiger partial charge in [-0.1, -0.05) is 0 Å². The lowest BCUT2D eigenvalue weighted by atomic mass is 10.1. The molecular weight excluding hydrogens is 282 g/mol. The van der Waals surface area contributed by atoms with Crippen molar-refractivity contribution in [2.45, 2.75) is 31.4 Å². The van der Waals surface area contributed by atoms with Crippen molar-refractivity contribution in [1.82, 2.24) is 9.55 Å². The number of aromatic amines is 1. The number of nitrogens with one attached hydrogen (secondary N) is 1. The zero-order chi connectivity index (χ0) is 15.7. The molecule has 21 heavy (non-hydrogen) atoms. The normalized spacial score (nSPS) is 28.5. The quantitative estimate of drug-likeness (QED) is 0.288. The molecule has 1 aromatic rings. The molecule has 1 saturated heterocycles. The highest BCUT2D eigenvalue weighted by molar-refractivity contribution is 5.76. The number of rotatable bonds is 3. The summed E-state index contributed by atoms with van der Waals surface area (Å²) in [6.45, 7) is 1.07. The molecule has 10 heteroatoms. The van der Waals surface area contributed by atoms with E-state index in [0.29, 0.717) is 0 Å². The molecule has 2 heterocycles. The Morgan fingerprint density at radius 2 is 2.19 bits per heavy atom. The molecule has 1 fully saturated rings. The van der Waals surface area contributed by atoms with Crippen LogP contribution < -0.4 is 22.7 Å². The summed E-state index contributed by atoms with van der Waals surface area (Å²) in [5.41, 5.74) is 9.56. The summed E-state index contributed by atoms with van der Waals surface area (Å²) in [6, 6.07) is -0.913. The number of aromatic nitrogens is 2. The van der Waals surface area contributed by atoms with Gasteiger partial charge >= 0.3 is 5.69 Å². The molecular formula is C11H17N5O5.